The van der Waals surface area contributed by atoms with Crippen molar-refractivity contribution < 1.29 is 23.8 Å². The summed E-state index contributed by atoms with van der Waals surface area (Å²) in [6.07, 6.45) is 1.37. The van der Waals surface area contributed by atoms with Crippen LogP contribution in [0.1, 0.15) is 34.3 Å². The van der Waals surface area contributed by atoms with Gasteiger partial charge in [0.15, 0.2) is 0 Å². The second-order valence-corrected chi connectivity index (χ2v) is 6.95. The standard InChI is InChI=1S/C22H19NO6/c1-13-18(24)9-8-17-15(11-20(26)29-21(13)17)12-28-22(27)14-4-6-16(7-5-14)23-10-2-3-19(23)25/h4-9,11,24H,2-3,10,12H2,1H3. The molecule has 148 valence electrons. The van der Waals surface area contributed by atoms with Gasteiger partial charge in [0.05, 0.1) is 5.56 Å². The molecular weight excluding hydrogens is 374 g/mol. The summed E-state index contributed by atoms with van der Waals surface area (Å²) >= 11 is 0. The molecule has 1 aromatic heterocycles. The average molecular weight is 393 g/mol. The van der Waals surface area contributed by atoms with Gasteiger partial charge in [-0.15, -0.1) is 0 Å². The van der Waals surface area contributed by atoms with E-state index in [-0.39, 0.29) is 23.8 Å². The van der Waals surface area contributed by atoms with Crippen LogP contribution in [0.25, 0.3) is 11.0 Å². The lowest BCUT2D eigenvalue weighted by Crippen LogP contribution is -2.23. The summed E-state index contributed by atoms with van der Waals surface area (Å²) in [5.41, 5.74) is 1.72. The molecule has 0 bridgehead atoms. The zero-order valence-corrected chi connectivity index (χ0v) is 15.8. The molecular formula is C22H19NO6. The van der Waals surface area contributed by atoms with Gasteiger partial charge in [0, 0.05) is 41.2 Å². The fraction of sp³-hybridized carbons (Fsp3) is 0.227. The van der Waals surface area contributed by atoms with Crippen molar-refractivity contribution in [2.45, 2.75) is 26.4 Å². The first kappa shape index (κ1) is 18.7. The number of carbonyl (C=O) groups excluding carboxylic acids is 2. The Labute approximate surface area is 166 Å². The molecule has 1 aliphatic rings. The minimum Gasteiger partial charge on any atom is -0.508 e. The first-order valence-corrected chi connectivity index (χ1v) is 9.27. The van der Waals surface area contributed by atoms with E-state index in [9.17, 15) is 19.5 Å². The molecule has 0 saturated carbocycles. The number of hydrogen-bond donors (Lipinski definition) is 1. The normalized spacial score (nSPS) is 13.8. The van der Waals surface area contributed by atoms with Gasteiger partial charge in [-0.25, -0.2) is 9.59 Å². The third kappa shape index (κ3) is 3.59. The average Bonchev–Trinajstić information content (AvgIpc) is 3.15. The fourth-order valence-corrected chi connectivity index (χ4v) is 3.46. The van der Waals surface area contributed by atoms with Crippen LogP contribution in [-0.2, 0) is 16.1 Å². The smallest absolute Gasteiger partial charge is 0.338 e. The summed E-state index contributed by atoms with van der Waals surface area (Å²) < 4.78 is 10.6. The van der Waals surface area contributed by atoms with Gasteiger partial charge in [-0.2, -0.15) is 0 Å². The molecule has 0 unspecified atom stereocenters. The maximum absolute atomic E-state index is 12.4. The summed E-state index contributed by atoms with van der Waals surface area (Å²) in [5.74, 6) is -0.441. The van der Waals surface area contributed by atoms with Crippen molar-refractivity contribution in [3.05, 3.63) is 69.6 Å². The number of amides is 1. The summed E-state index contributed by atoms with van der Waals surface area (Å²) in [6, 6.07) is 11.1. The van der Waals surface area contributed by atoms with Gasteiger partial charge < -0.3 is 19.2 Å². The third-order valence-electron chi connectivity index (χ3n) is 5.06. The second kappa shape index (κ2) is 7.43. The molecule has 1 fully saturated rings. The molecule has 0 aliphatic carbocycles. The van der Waals surface area contributed by atoms with Crippen LogP contribution in [0, 0.1) is 6.92 Å². The SMILES string of the molecule is Cc1c(O)ccc2c(COC(=O)c3ccc(N4CCCC4=O)cc3)cc(=O)oc12. The number of hydrogen-bond acceptors (Lipinski definition) is 6. The topological polar surface area (TPSA) is 97.0 Å². The molecule has 1 N–H and O–H groups in total. The van der Waals surface area contributed by atoms with Crippen molar-refractivity contribution in [1.29, 1.82) is 0 Å². The zero-order chi connectivity index (χ0) is 20.5. The molecule has 4 rings (SSSR count). The van der Waals surface area contributed by atoms with E-state index >= 15 is 0 Å². The molecule has 1 amide bonds. The molecule has 0 spiro atoms. The van der Waals surface area contributed by atoms with Crippen molar-refractivity contribution in [3.63, 3.8) is 0 Å². The summed E-state index contributed by atoms with van der Waals surface area (Å²) in [6.45, 7) is 2.21. The predicted molar refractivity (Wildman–Crippen MR) is 106 cm³/mol. The Kier molecular flexibility index (Phi) is 4.80. The Morgan fingerprint density at radius 2 is 1.93 bits per heavy atom. The maximum atomic E-state index is 12.4. The van der Waals surface area contributed by atoms with Crippen molar-refractivity contribution in [2.24, 2.45) is 0 Å². The van der Waals surface area contributed by atoms with Crippen LogP contribution in [-0.4, -0.2) is 23.5 Å². The minimum atomic E-state index is -0.586. The lowest BCUT2D eigenvalue weighted by atomic mass is 10.1. The monoisotopic (exact) mass is 393 g/mol. The Hall–Kier alpha value is -3.61. The van der Waals surface area contributed by atoms with E-state index in [0.29, 0.717) is 35.0 Å². The number of fused-ring (bicyclic) bond motifs is 1. The molecule has 1 aliphatic heterocycles. The largest absolute Gasteiger partial charge is 0.508 e. The van der Waals surface area contributed by atoms with Gasteiger partial charge in [-0.3, -0.25) is 4.79 Å². The van der Waals surface area contributed by atoms with Gasteiger partial charge in [-0.05, 0) is 49.7 Å². The number of anilines is 1. The lowest BCUT2D eigenvalue weighted by molar-refractivity contribution is -0.117. The van der Waals surface area contributed by atoms with E-state index < -0.39 is 11.6 Å². The molecule has 0 radical (unpaired) electrons. The highest BCUT2D eigenvalue weighted by molar-refractivity contribution is 5.96. The highest BCUT2D eigenvalue weighted by Gasteiger charge is 2.22. The summed E-state index contributed by atoms with van der Waals surface area (Å²) in [5, 5.41) is 10.4. The number of esters is 1. The highest BCUT2D eigenvalue weighted by atomic mass is 16.5. The summed E-state index contributed by atoms with van der Waals surface area (Å²) in [4.78, 5) is 37.8. The number of carbonyl (C=O) groups is 2. The maximum Gasteiger partial charge on any atom is 0.338 e. The molecule has 29 heavy (non-hydrogen) atoms. The van der Waals surface area contributed by atoms with Crippen molar-refractivity contribution in [1.82, 2.24) is 0 Å². The van der Waals surface area contributed by atoms with E-state index in [0.717, 1.165) is 12.1 Å². The number of ether oxygens (including phenoxy) is 1. The quantitative estimate of drug-likeness (QED) is 0.540. The highest BCUT2D eigenvalue weighted by Crippen LogP contribution is 2.28. The van der Waals surface area contributed by atoms with Crippen LogP contribution in [0.4, 0.5) is 5.69 Å². The number of phenolic OH excluding ortho intramolecular Hbond substituents is 1. The van der Waals surface area contributed by atoms with Gasteiger partial charge in [0.25, 0.3) is 0 Å². The van der Waals surface area contributed by atoms with E-state index in [1.165, 1.54) is 12.1 Å². The van der Waals surface area contributed by atoms with Crippen molar-refractivity contribution in [2.75, 3.05) is 11.4 Å². The van der Waals surface area contributed by atoms with Crippen molar-refractivity contribution in [3.8, 4) is 5.75 Å². The molecule has 7 heteroatoms. The van der Waals surface area contributed by atoms with Crippen molar-refractivity contribution >= 4 is 28.5 Å². The number of rotatable bonds is 4. The third-order valence-corrected chi connectivity index (χ3v) is 5.06. The summed E-state index contributed by atoms with van der Waals surface area (Å²) in [7, 11) is 0. The van der Waals surface area contributed by atoms with Gasteiger partial charge >= 0.3 is 11.6 Å². The van der Waals surface area contributed by atoms with Gasteiger partial charge in [0.2, 0.25) is 5.91 Å². The molecule has 2 heterocycles. The minimum absolute atomic E-state index is 0.0198. The molecule has 1 saturated heterocycles. The number of phenols is 1. The second-order valence-electron chi connectivity index (χ2n) is 6.95. The van der Waals surface area contributed by atoms with Crippen LogP contribution in [0.15, 0.2) is 51.7 Å². The van der Waals surface area contributed by atoms with Gasteiger partial charge in [0.1, 0.15) is 17.9 Å². The first-order valence-electron chi connectivity index (χ1n) is 9.27. The van der Waals surface area contributed by atoms with E-state index in [2.05, 4.69) is 0 Å². The van der Waals surface area contributed by atoms with Crippen LogP contribution in [0.2, 0.25) is 0 Å². The van der Waals surface area contributed by atoms with E-state index in [1.807, 2.05) is 0 Å². The van der Waals surface area contributed by atoms with E-state index in [1.54, 1.807) is 42.2 Å². The van der Waals surface area contributed by atoms with Gasteiger partial charge in [-0.1, -0.05) is 0 Å². The number of aromatic hydroxyl groups is 1. The number of benzene rings is 2. The van der Waals surface area contributed by atoms with Crippen LogP contribution >= 0.6 is 0 Å². The van der Waals surface area contributed by atoms with Crippen LogP contribution in [0.3, 0.4) is 0 Å². The Bertz CT molecular complexity index is 1160. The molecule has 2 aromatic carbocycles. The molecule has 0 atom stereocenters. The van der Waals surface area contributed by atoms with Crippen LogP contribution in [0.5, 0.6) is 5.75 Å². The number of aryl methyl sites for hydroxylation is 1. The Morgan fingerprint density at radius 1 is 1.17 bits per heavy atom. The Morgan fingerprint density at radius 3 is 2.62 bits per heavy atom. The molecule has 3 aromatic rings. The predicted octanol–water partition coefficient (Wildman–Crippen LogP) is 3.29. The zero-order valence-electron chi connectivity index (χ0n) is 15.8. The van der Waals surface area contributed by atoms with E-state index in [4.69, 9.17) is 9.15 Å². The fourth-order valence-electron chi connectivity index (χ4n) is 3.46. The molecule has 7 nitrogen and oxygen atoms in total. The number of nitrogens with zero attached hydrogens (tertiary/aromatic N) is 1. The van der Waals surface area contributed by atoms with Crippen LogP contribution < -0.4 is 10.5 Å². The first-order chi connectivity index (χ1) is 13.9. The lowest BCUT2D eigenvalue weighted by Gasteiger charge is -2.15. The Balaban J connectivity index is 1.52.